The Balaban J connectivity index is 1.78. The maximum atomic E-state index is 12.8. The molecule has 1 aromatic carbocycles. The van der Waals surface area contributed by atoms with Crippen LogP contribution in [0.4, 0.5) is 5.69 Å². The summed E-state index contributed by atoms with van der Waals surface area (Å²) < 4.78 is 51.6. The molecule has 0 saturated carbocycles. The van der Waals surface area contributed by atoms with Crippen LogP contribution in [0, 0.1) is 5.92 Å². The van der Waals surface area contributed by atoms with Gasteiger partial charge in [-0.2, -0.15) is 4.31 Å². The second kappa shape index (κ2) is 8.32. The van der Waals surface area contributed by atoms with Gasteiger partial charge >= 0.3 is 0 Å². The zero-order valence-corrected chi connectivity index (χ0v) is 17.8. The predicted molar refractivity (Wildman–Crippen MR) is 109 cm³/mol. The van der Waals surface area contributed by atoms with Gasteiger partial charge in [0.15, 0.2) is 9.84 Å². The normalized spacial score (nSPS) is 18.7. The highest BCUT2D eigenvalue weighted by molar-refractivity contribution is 7.91. The van der Waals surface area contributed by atoms with Crippen LogP contribution in [0.2, 0.25) is 0 Å². The van der Waals surface area contributed by atoms with E-state index < -0.39 is 25.8 Å². The van der Waals surface area contributed by atoms with Gasteiger partial charge in [-0.1, -0.05) is 25.1 Å². The minimum absolute atomic E-state index is 0.0733. The Bertz CT molecular complexity index is 1050. The van der Waals surface area contributed by atoms with Crippen LogP contribution in [0.25, 0.3) is 0 Å². The lowest BCUT2D eigenvalue weighted by molar-refractivity contribution is -0.120. The summed E-state index contributed by atoms with van der Waals surface area (Å²) in [6.45, 7) is 1.99. The Kier molecular flexibility index (Phi) is 6.23. The number of nitrogens with one attached hydrogen (secondary N) is 1. The number of carbonyl (C=O) groups excluding carboxylic acids is 1. The molecule has 1 N–H and O–H groups in total. The van der Waals surface area contributed by atoms with E-state index in [1.807, 2.05) is 0 Å². The van der Waals surface area contributed by atoms with E-state index in [-0.39, 0.29) is 33.0 Å². The van der Waals surface area contributed by atoms with Crippen molar-refractivity contribution in [2.45, 2.75) is 28.9 Å². The molecule has 1 atom stereocenters. The minimum Gasteiger partial charge on any atom is -0.325 e. The van der Waals surface area contributed by atoms with E-state index in [4.69, 9.17) is 0 Å². The number of thiophene rings is 1. The Hall–Kier alpha value is -1.75. The molecule has 28 heavy (non-hydrogen) atoms. The Morgan fingerprint density at radius 3 is 2.61 bits per heavy atom. The summed E-state index contributed by atoms with van der Waals surface area (Å²) in [6.07, 6.45) is 1.11. The van der Waals surface area contributed by atoms with Gasteiger partial charge < -0.3 is 5.32 Å². The number of sulfone groups is 1. The summed E-state index contributed by atoms with van der Waals surface area (Å²) in [5.74, 6) is -0.985. The van der Waals surface area contributed by atoms with Crippen LogP contribution in [0.5, 0.6) is 0 Å². The van der Waals surface area contributed by atoms with E-state index in [0.29, 0.717) is 19.4 Å². The lowest BCUT2D eigenvalue weighted by atomic mass is 9.99. The van der Waals surface area contributed by atoms with E-state index in [9.17, 15) is 21.6 Å². The summed E-state index contributed by atoms with van der Waals surface area (Å²) >= 11 is 1.15. The molecular weight excluding hydrogens is 420 g/mol. The fourth-order valence-corrected chi connectivity index (χ4v) is 6.86. The fraction of sp³-hybridized carbons (Fsp3) is 0.389. The lowest BCUT2D eigenvalue weighted by Gasteiger charge is -2.30. The van der Waals surface area contributed by atoms with Crippen molar-refractivity contribution in [3.8, 4) is 0 Å². The number of sulfonamides is 1. The lowest BCUT2D eigenvalue weighted by Crippen LogP contribution is -2.43. The molecule has 7 nitrogen and oxygen atoms in total. The third-order valence-corrected chi connectivity index (χ3v) is 9.73. The van der Waals surface area contributed by atoms with Crippen molar-refractivity contribution in [3.05, 3.63) is 41.8 Å². The van der Waals surface area contributed by atoms with E-state index >= 15 is 0 Å². The maximum absolute atomic E-state index is 12.8. The number of hydrogen-bond donors (Lipinski definition) is 1. The van der Waals surface area contributed by atoms with Crippen molar-refractivity contribution >= 4 is 42.8 Å². The van der Waals surface area contributed by atoms with Crippen LogP contribution in [0.15, 0.2) is 50.9 Å². The van der Waals surface area contributed by atoms with Crippen molar-refractivity contribution in [3.63, 3.8) is 0 Å². The highest BCUT2D eigenvalue weighted by atomic mass is 32.2. The van der Waals surface area contributed by atoms with E-state index in [2.05, 4.69) is 5.32 Å². The van der Waals surface area contributed by atoms with E-state index in [1.54, 1.807) is 42.6 Å². The van der Waals surface area contributed by atoms with Crippen molar-refractivity contribution in [2.75, 3.05) is 24.2 Å². The van der Waals surface area contributed by atoms with Gasteiger partial charge in [-0.15, -0.1) is 11.3 Å². The molecule has 2 heterocycles. The number of carbonyl (C=O) groups is 1. The third-order valence-electron chi connectivity index (χ3n) is 4.70. The highest BCUT2D eigenvalue weighted by Crippen LogP contribution is 2.28. The van der Waals surface area contributed by atoms with Gasteiger partial charge in [-0.05, 0) is 36.4 Å². The number of anilines is 1. The molecule has 1 unspecified atom stereocenters. The number of amides is 1. The van der Waals surface area contributed by atoms with Crippen LogP contribution in [0.1, 0.15) is 19.8 Å². The summed E-state index contributed by atoms with van der Waals surface area (Å²) in [4.78, 5) is 12.8. The monoisotopic (exact) mass is 442 g/mol. The van der Waals surface area contributed by atoms with Gasteiger partial charge in [0.2, 0.25) is 5.91 Å². The van der Waals surface area contributed by atoms with Crippen LogP contribution in [-0.2, 0) is 24.7 Å². The van der Waals surface area contributed by atoms with Crippen molar-refractivity contribution in [1.82, 2.24) is 4.31 Å². The van der Waals surface area contributed by atoms with Crippen LogP contribution < -0.4 is 5.32 Å². The zero-order valence-electron chi connectivity index (χ0n) is 15.4. The molecule has 1 fully saturated rings. The van der Waals surface area contributed by atoms with Crippen molar-refractivity contribution in [2.24, 2.45) is 5.92 Å². The molecule has 0 aliphatic carbocycles. The van der Waals surface area contributed by atoms with Crippen molar-refractivity contribution < 1.29 is 21.6 Å². The number of nitrogens with zero attached hydrogens (tertiary/aromatic N) is 1. The zero-order chi connectivity index (χ0) is 20.4. The number of piperidine rings is 1. The molecule has 0 spiro atoms. The molecule has 152 valence electrons. The number of hydrogen-bond acceptors (Lipinski definition) is 6. The van der Waals surface area contributed by atoms with E-state index in [0.717, 1.165) is 11.3 Å². The van der Waals surface area contributed by atoms with Gasteiger partial charge in [-0.25, -0.2) is 16.8 Å². The SMILES string of the molecule is CCS(=O)(=O)c1ccccc1NC(=O)C1CCCN(S(=O)(=O)c2cccs2)C1. The molecule has 1 saturated heterocycles. The molecule has 1 aliphatic heterocycles. The first-order valence-electron chi connectivity index (χ1n) is 8.92. The fourth-order valence-electron chi connectivity index (χ4n) is 3.14. The molecule has 1 amide bonds. The van der Waals surface area contributed by atoms with Gasteiger partial charge in [0.05, 0.1) is 22.3 Å². The van der Waals surface area contributed by atoms with Crippen LogP contribution in [-0.4, -0.2) is 45.9 Å². The highest BCUT2D eigenvalue weighted by Gasteiger charge is 2.34. The Morgan fingerprint density at radius 2 is 1.93 bits per heavy atom. The van der Waals surface area contributed by atoms with Gasteiger partial charge in [0, 0.05) is 13.1 Å². The average molecular weight is 443 g/mol. The topological polar surface area (TPSA) is 101 Å². The summed E-state index contributed by atoms with van der Waals surface area (Å²) in [6, 6.07) is 9.49. The van der Waals surface area contributed by atoms with Crippen LogP contribution >= 0.6 is 11.3 Å². The van der Waals surface area contributed by atoms with Crippen molar-refractivity contribution in [1.29, 1.82) is 0 Å². The van der Waals surface area contributed by atoms with E-state index in [1.165, 1.54) is 10.4 Å². The third kappa shape index (κ3) is 4.29. The molecular formula is C18H22N2O5S3. The first-order valence-corrected chi connectivity index (χ1v) is 12.9. The smallest absolute Gasteiger partial charge is 0.252 e. The van der Waals surface area contributed by atoms with Crippen LogP contribution in [0.3, 0.4) is 0 Å². The first kappa shape index (κ1) is 21.0. The standard InChI is InChI=1S/C18H22N2O5S3/c1-2-27(22,23)16-9-4-3-8-15(16)19-18(21)14-7-5-11-20(13-14)28(24,25)17-10-6-12-26-17/h3-4,6,8-10,12,14H,2,5,7,11,13H2,1H3,(H,19,21). The number of benzene rings is 1. The molecule has 3 rings (SSSR count). The van der Waals surface area contributed by atoms with Gasteiger partial charge in [0.25, 0.3) is 10.0 Å². The molecule has 0 bridgehead atoms. The largest absolute Gasteiger partial charge is 0.325 e. The molecule has 2 aromatic rings. The number of para-hydroxylation sites is 1. The summed E-state index contributed by atoms with van der Waals surface area (Å²) in [5.41, 5.74) is 0.229. The Morgan fingerprint density at radius 1 is 1.18 bits per heavy atom. The predicted octanol–water partition coefficient (Wildman–Crippen LogP) is 2.58. The maximum Gasteiger partial charge on any atom is 0.252 e. The second-order valence-corrected chi connectivity index (χ2v) is 11.9. The quantitative estimate of drug-likeness (QED) is 0.741. The van der Waals surface area contributed by atoms with Gasteiger partial charge in [-0.3, -0.25) is 4.79 Å². The Labute approximate surface area is 169 Å². The molecule has 1 aromatic heterocycles. The minimum atomic E-state index is -3.62. The second-order valence-electron chi connectivity index (χ2n) is 6.52. The number of rotatable bonds is 6. The molecule has 10 heteroatoms. The van der Waals surface area contributed by atoms with Gasteiger partial charge in [0.1, 0.15) is 4.21 Å². The average Bonchev–Trinajstić information content (AvgIpc) is 3.24. The molecule has 1 aliphatic rings. The summed E-state index contributed by atoms with van der Waals surface area (Å²) in [7, 11) is -7.11. The first-order chi connectivity index (χ1) is 13.3. The molecule has 0 radical (unpaired) electrons. The summed E-state index contributed by atoms with van der Waals surface area (Å²) in [5, 5.41) is 4.39.